The zero-order valence-electron chi connectivity index (χ0n) is 12.1. The minimum atomic E-state index is -0.325. The first kappa shape index (κ1) is 16.7. The van der Waals surface area contributed by atoms with E-state index in [9.17, 15) is 9.59 Å². The summed E-state index contributed by atoms with van der Waals surface area (Å²) in [5, 5.41) is 7.56. The Morgan fingerprint density at radius 1 is 1.35 bits per heavy atom. The van der Waals surface area contributed by atoms with Gasteiger partial charge in [-0.05, 0) is 24.3 Å². The Morgan fingerprint density at radius 3 is 2.55 bits per heavy atom. The van der Waals surface area contributed by atoms with E-state index in [2.05, 4.69) is 10.6 Å². The molecule has 6 heteroatoms. The molecule has 0 aromatic carbocycles. The van der Waals surface area contributed by atoms with Crippen LogP contribution in [0.2, 0.25) is 0 Å². The summed E-state index contributed by atoms with van der Waals surface area (Å²) in [5.41, 5.74) is 5.41. The number of nitrogens with two attached hydrogens (primary N) is 1. The fourth-order valence-electron chi connectivity index (χ4n) is 1.91. The van der Waals surface area contributed by atoms with Crippen molar-refractivity contribution in [2.75, 3.05) is 13.1 Å². The van der Waals surface area contributed by atoms with Crippen LogP contribution in [-0.4, -0.2) is 30.4 Å². The third-order valence-electron chi connectivity index (χ3n) is 3.53. The number of nitrogens with one attached hydrogen (secondary N) is 2. The third kappa shape index (κ3) is 4.61. The molecule has 0 aliphatic rings. The highest BCUT2D eigenvalue weighted by molar-refractivity contribution is 7.12. The molecule has 112 valence electrons. The lowest BCUT2D eigenvalue weighted by molar-refractivity contribution is -0.122. The average molecular weight is 297 g/mol. The Labute approximate surface area is 123 Å². The van der Waals surface area contributed by atoms with Gasteiger partial charge >= 0.3 is 0 Å². The fraction of sp³-hybridized carbons (Fsp3) is 0.571. The SMILES string of the molecule is CCC(CC)(CN)NC(=O)CCNC(=O)c1cccs1. The summed E-state index contributed by atoms with van der Waals surface area (Å²) < 4.78 is 0. The molecule has 0 unspecified atom stereocenters. The minimum Gasteiger partial charge on any atom is -0.351 e. The number of amides is 2. The zero-order chi connectivity index (χ0) is 15.0. The highest BCUT2D eigenvalue weighted by atomic mass is 32.1. The summed E-state index contributed by atoms with van der Waals surface area (Å²) in [7, 11) is 0. The largest absolute Gasteiger partial charge is 0.351 e. The Hall–Kier alpha value is -1.40. The van der Waals surface area contributed by atoms with Crippen LogP contribution in [0, 0.1) is 0 Å². The molecule has 1 rings (SSSR count). The lowest BCUT2D eigenvalue weighted by atomic mass is 9.93. The van der Waals surface area contributed by atoms with Crippen LogP contribution in [0.5, 0.6) is 0 Å². The summed E-state index contributed by atoms with van der Waals surface area (Å²) >= 11 is 1.38. The van der Waals surface area contributed by atoms with Crippen LogP contribution in [0.3, 0.4) is 0 Å². The summed E-state index contributed by atoms with van der Waals surface area (Å²) in [4.78, 5) is 24.2. The van der Waals surface area contributed by atoms with Crippen LogP contribution in [0.4, 0.5) is 0 Å². The van der Waals surface area contributed by atoms with Gasteiger partial charge in [0.25, 0.3) is 5.91 Å². The quantitative estimate of drug-likeness (QED) is 0.680. The van der Waals surface area contributed by atoms with Gasteiger partial charge in [-0.15, -0.1) is 11.3 Å². The van der Waals surface area contributed by atoms with Crippen LogP contribution in [0.25, 0.3) is 0 Å². The van der Waals surface area contributed by atoms with Crippen molar-refractivity contribution in [1.29, 1.82) is 0 Å². The molecular formula is C14H23N3O2S. The maximum Gasteiger partial charge on any atom is 0.261 e. The summed E-state index contributed by atoms with van der Waals surface area (Å²) in [5.74, 6) is -0.213. The van der Waals surface area contributed by atoms with E-state index in [1.54, 1.807) is 6.07 Å². The van der Waals surface area contributed by atoms with Crippen molar-refractivity contribution in [3.8, 4) is 0 Å². The predicted molar refractivity (Wildman–Crippen MR) is 81.8 cm³/mol. The van der Waals surface area contributed by atoms with Gasteiger partial charge in [0.15, 0.2) is 0 Å². The number of rotatable bonds is 8. The third-order valence-corrected chi connectivity index (χ3v) is 4.40. The predicted octanol–water partition coefficient (Wildman–Crippen LogP) is 1.50. The van der Waals surface area contributed by atoms with Gasteiger partial charge in [0, 0.05) is 19.5 Å². The summed E-state index contributed by atoms with van der Waals surface area (Å²) in [6.45, 7) is 4.77. The molecule has 0 aliphatic heterocycles. The van der Waals surface area contributed by atoms with Crippen LogP contribution in [0.15, 0.2) is 17.5 Å². The maximum atomic E-state index is 11.9. The summed E-state index contributed by atoms with van der Waals surface area (Å²) in [6, 6.07) is 3.58. The van der Waals surface area contributed by atoms with E-state index in [1.807, 2.05) is 25.3 Å². The Bertz CT molecular complexity index is 419. The molecule has 0 atom stereocenters. The molecule has 0 aliphatic carbocycles. The standard InChI is InChI=1S/C14H23N3O2S/c1-3-14(4-2,10-15)17-12(18)7-8-16-13(19)11-6-5-9-20-11/h5-6,9H,3-4,7-8,10,15H2,1-2H3,(H,16,19)(H,17,18). The molecule has 20 heavy (non-hydrogen) atoms. The van der Waals surface area contributed by atoms with E-state index in [1.165, 1.54) is 11.3 Å². The topological polar surface area (TPSA) is 84.2 Å². The van der Waals surface area contributed by atoms with E-state index < -0.39 is 0 Å². The smallest absolute Gasteiger partial charge is 0.261 e. The van der Waals surface area contributed by atoms with Gasteiger partial charge in [-0.3, -0.25) is 9.59 Å². The Kier molecular flexibility index (Phi) is 6.67. The number of carbonyl (C=O) groups excluding carboxylic acids is 2. The fourth-order valence-corrected chi connectivity index (χ4v) is 2.55. The van der Waals surface area contributed by atoms with E-state index in [0.29, 0.717) is 18.0 Å². The second-order valence-corrected chi connectivity index (χ2v) is 5.67. The highest BCUT2D eigenvalue weighted by Gasteiger charge is 2.25. The van der Waals surface area contributed by atoms with Gasteiger partial charge in [0.1, 0.15) is 0 Å². The molecule has 0 saturated carbocycles. The molecule has 0 fully saturated rings. The van der Waals surface area contributed by atoms with E-state index >= 15 is 0 Å². The van der Waals surface area contributed by atoms with Crippen LogP contribution in [-0.2, 0) is 4.79 Å². The van der Waals surface area contributed by atoms with Crippen molar-refractivity contribution >= 4 is 23.2 Å². The molecule has 0 radical (unpaired) electrons. The molecular weight excluding hydrogens is 274 g/mol. The van der Waals surface area contributed by atoms with Crippen molar-refractivity contribution in [3.05, 3.63) is 22.4 Å². The molecule has 1 aromatic rings. The zero-order valence-corrected chi connectivity index (χ0v) is 12.9. The van der Waals surface area contributed by atoms with E-state index in [0.717, 1.165) is 12.8 Å². The molecule has 0 saturated heterocycles. The molecule has 4 N–H and O–H groups in total. The van der Waals surface area contributed by atoms with Crippen molar-refractivity contribution in [2.45, 2.75) is 38.6 Å². The number of carbonyl (C=O) groups is 2. The van der Waals surface area contributed by atoms with Gasteiger partial charge < -0.3 is 16.4 Å². The lowest BCUT2D eigenvalue weighted by Crippen LogP contribution is -2.53. The lowest BCUT2D eigenvalue weighted by Gasteiger charge is -2.31. The first-order chi connectivity index (χ1) is 9.56. The van der Waals surface area contributed by atoms with Gasteiger partial charge in [-0.25, -0.2) is 0 Å². The van der Waals surface area contributed by atoms with Gasteiger partial charge in [-0.2, -0.15) is 0 Å². The van der Waals surface area contributed by atoms with Crippen LogP contribution < -0.4 is 16.4 Å². The van der Waals surface area contributed by atoms with Gasteiger partial charge in [0.05, 0.1) is 10.4 Å². The monoisotopic (exact) mass is 297 g/mol. The molecule has 2 amide bonds. The Balaban J connectivity index is 2.35. The molecule has 5 nitrogen and oxygen atoms in total. The summed E-state index contributed by atoms with van der Waals surface area (Å²) in [6.07, 6.45) is 1.86. The first-order valence-corrected chi connectivity index (χ1v) is 7.77. The van der Waals surface area contributed by atoms with E-state index in [4.69, 9.17) is 5.73 Å². The highest BCUT2D eigenvalue weighted by Crippen LogP contribution is 2.13. The minimum absolute atomic E-state index is 0.0781. The Morgan fingerprint density at radius 2 is 2.05 bits per heavy atom. The first-order valence-electron chi connectivity index (χ1n) is 6.89. The average Bonchev–Trinajstić information content (AvgIpc) is 2.99. The molecule has 0 spiro atoms. The second-order valence-electron chi connectivity index (χ2n) is 4.72. The van der Waals surface area contributed by atoms with Crippen molar-refractivity contribution in [3.63, 3.8) is 0 Å². The molecule has 1 aromatic heterocycles. The number of thiophene rings is 1. The van der Waals surface area contributed by atoms with Crippen molar-refractivity contribution < 1.29 is 9.59 Å². The van der Waals surface area contributed by atoms with Gasteiger partial charge in [-0.1, -0.05) is 19.9 Å². The van der Waals surface area contributed by atoms with Crippen LogP contribution >= 0.6 is 11.3 Å². The molecule has 1 heterocycles. The second kappa shape index (κ2) is 8.01. The number of hydrogen-bond acceptors (Lipinski definition) is 4. The van der Waals surface area contributed by atoms with Crippen molar-refractivity contribution in [1.82, 2.24) is 10.6 Å². The normalized spacial score (nSPS) is 11.2. The van der Waals surface area contributed by atoms with Crippen LogP contribution in [0.1, 0.15) is 42.8 Å². The van der Waals surface area contributed by atoms with Crippen molar-refractivity contribution in [2.24, 2.45) is 5.73 Å². The molecule has 0 bridgehead atoms. The van der Waals surface area contributed by atoms with E-state index in [-0.39, 0.29) is 23.8 Å². The number of hydrogen-bond donors (Lipinski definition) is 3. The van der Waals surface area contributed by atoms with Gasteiger partial charge in [0.2, 0.25) is 5.91 Å². The maximum absolute atomic E-state index is 11.9.